The Kier molecular flexibility index (Phi) is 3.81. The van der Waals surface area contributed by atoms with Gasteiger partial charge in [0.1, 0.15) is 5.76 Å². The smallest absolute Gasteiger partial charge is 0.336 e. The van der Waals surface area contributed by atoms with Crippen LogP contribution in [0, 0.1) is 43.4 Å². The monoisotopic (exact) mass is 329 g/mol. The summed E-state index contributed by atoms with van der Waals surface area (Å²) >= 11 is 0. The standard InChI is InChI=1S/C20H27NO3/c1-10-6-17(22)24-12(3)18(10)20(23)21-11(2)19-15-5-4-14-7-13(8-15)9-16(14)19/h6,11,13-16,19H,4-5,7-9H2,1-3H3,(H,21,23)/t11-,13+,14+,15-,16+,19+/m1/s1. The number of carbonyl (C=O) groups excluding carboxylic acids is 1. The van der Waals surface area contributed by atoms with Crippen LogP contribution in [-0.2, 0) is 0 Å². The quantitative estimate of drug-likeness (QED) is 0.924. The van der Waals surface area contributed by atoms with Gasteiger partial charge in [-0.2, -0.15) is 0 Å². The first-order chi connectivity index (χ1) is 11.4. The van der Waals surface area contributed by atoms with Crippen LogP contribution in [0.25, 0.3) is 0 Å². The number of nitrogens with one attached hydrogen (secondary N) is 1. The van der Waals surface area contributed by atoms with E-state index >= 15 is 0 Å². The second-order valence-electron chi connectivity index (χ2n) is 8.35. The van der Waals surface area contributed by atoms with Crippen molar-refractivity contribution in [1.82, 2.24) is 5.32 Å². The molecule has 24 heavy (non-hydrogen) atoms. The first-order valence-corrected chi connectivity index (χ1v) is 9.36. The van der Waals surface area contributed by atoms with Gasteiger partial charge in [-0.05, 0) is 88.0 Å². The zero-order valence-corrected chi connectivity index (χ0v) is 14.8. The molecule has 0 unspecified atom stereocenters. The number of rotatable bonds is 3. The zero-order chi connectivity index (χ0) is 17.0. The van der Waals surface area contributed by atoms with Gasteiger partial charge in [0.25, 0.3) is 5.91 Å². The Labute approximate surface area is 143 Å². The lowest BCUT2D eigenvalue weighted by Crippen LogP contribution is -2.48. The molecule has 3 saturated carbocycles. The molecule has 0 spiro atoms. The van der Waals surface area contributed by atoms with Crippen molar-refractivity contribution in [2.45, 2.75) is 58.9 Å². The van der Waals surface area contributed by atoms with Crippen LogP contribution in [0.1, 0.15) is 60.7 Å². The Hall–Kier alpha value is -1.58. The van der Waals surface area contributed by atoms with E-state index in [0.29, 0.717) is 22.8 Å². The first-order valence-electron chi connectivity index (χ1n) is 9.36. The van der Waals surface area contributed by atoms with Gasteiger partial charge in [0.2, 0.25) is 0 Å². The van der Waals surface area contributed by atoms with E-state index in [1.807, 2.05) is 0 Å². The third-order valence-corrected chi connectivity index (χ3v) is 6.93. The normalized spacial score (nSPS) is 35.0. The number of fused-ring (bicyclic) bond motifs is 2. The lowest BCUT2D eigenvalue weighted by Gasteiger charge is -2.45. The van der Waals surface area contributed by atoms with E-state index in [0.717, 1.165) is 23.7 Å². The summed E-state index contributed by atoms with van der Waals surface area (Å²) in [5.74, 6) is 4.33. The van der Waals surface area contributed by atoms with E-state index in [1.54, 1.807) is 13.8 Å². The predicted molar refractivity (Wildman–Crippen MR) is 91.9 cm³/mol. The summed E-state index contributed by atoms with van der Waals surface area (Å²) in [5.41, 5.74) is 0.822. The Morgan fingerprint density at radius 2 is 1.92 bits per heavy atom. The van der Waals surface area contributed by atoms with Gasteiger partial charge in [-0.15, -0.1) is 0 Å². The van der Waals surface area contributed by atoms with Crippen LogP contribution in [0.4, 0.5) is 0 Å². The van der Waals surface area contributed by atoms with E-state index in [1.165, 1.54) is 38.2 Å². The van der Waals surface area contributed by atoms with Gasteiger partial charge >= 0.3 is 5.63 Å². The predicted octanol–water partition coefficient (Wildman–Crippen LogP) is 3.45. The van der Waals surface area contributed by atoms with Gasteiger partial charge < -0.3 is 9.73 Å². The average Bonchev–Trinajstić information content (AvgIpc) is 2.68. The molecule has 3 aliphatic rings. The van der Waals surface area contributed by atoms with Crippen molar-refractivity contribution in [3.63, 3.8) is 0 Å². The largest absolute Gasteiger partial charge is 0.427 e. The highest BCUT2D eigenvalue weighted by molar-refractivity contribution is 5.96. The summed E-state index contributed by atoms with van der Waals surface area (Å²) in [6, 6.07) is 1.58. The number of hydrogen-bond donors (Lipinski definition) is 1. The molecule has 4 rings (SSSR count). The van der Waals surface area contributed by atoms with Gasteiger partial charge in [0.15, 0.2) is 0 Å². The molecule has 1 aromatic rings. The number of carbonyl (C=O) groups is 1. The second-order valence-corrected chi connectivity index (χ2v) is 8.35. The fourth-order valence-corrected chi connectivity index (χ4v) is 6.20. The van der Waals surface area contributed by atoms with Crippen molar-refractivity contribution in [1.29, 1.82) is 0 Å². The Morgan fingerprint density at radius 3 is 2.67 bits per heavy atom. The molecule has 3 aliphatic carbocycles. The Balaban J connectivity index is 1.53. The van der Waals surface area contributed by atoms with E-state index in [9.17, 15) is 9.59 Å². The summed E-state index contributed by atoms with van der Waals surface area (Å²) in [7, 11) is 0. The van der Waals surface area contributed by atoms with Crippen molar-refractivity contribution >= 4 is 5.91 Å². The molecule has 0 saturated heterocycles. The van der Waals surface area contributed by atoms with Crippen LogP contribution in [0.2, 0.25) is 0 Å². The SMILES string of the molecule is Cc1cc(=O)oc(C)c1C(=O)N[C@H](C)[C@H]1[C@@H]2CC[C@H]3C[C@@H](C2)C[C@@H]31. The minimum absolute atomic E-state index is 0.0998. The number of amides is 1. The van der Waals surface area contributed by atoms with Crippen molar-refractivity contribution in [3.8, 4) is 0 Å². The second kappa shape index (κ2) is 5.75. The molecule has 3 fully saturated rings. The fourth-order valence-electron chi connectivity index (χ4n) is 6.20. The third kappa shape index (κ3) is 2.51. The minimum Gasteiger partial charge on any atom is -0.427 e. The summed E-state index contributed by atoms with van der Waals surface area (Å²) in [5, 5.41) is 3.23. The van der Waals surface area contributed by atoms with E-state index in [2.05, 4.69) is 12.2 Å². The van der Waals surface area contributed by atoms with Crippen LogP contribution in [-0.4, -0.2) is 11.9 Å². The van der Waals surface area contributed by atoms with Crippen LogP contribution >= 0.6 is 0 Å². The van der Waals surface area contributed by atoms with Gasteiger partial charge in [-0.1, -0.05) is 0 Å². The number of aryl methyl sites for hydroxylation is 2. The first kappa shape index (κ1) is 15.9. The molecule has 0 aromatic carbocycles. The molecule has 4 nitrogen and oxygen atoms in total. The van der Waals surface area contributed by atoms with Crippen LogP contribution in [0.15, 0.2) is 15.3 Å². The molecular weight excluding hydrogens is 302 g/mol. The van der Waals surface area contributed by atoms with E-state index < -0.39 is 5.63 Å². The number of hydrogen-bond acceptors (Lipinski definition) is 3. The highest BCUT2D eigenvalue weighted by Crippen LogP contribution is 2.58. The Morgan fingerprint density at radius 1 is 1.21 bits per heavy atom. The van der Waals surface area contributed by atoms with Crippen molar-refractivity contribution < 1.29 is 9.21 Å². The zero-order valence-electron chi connectivity index (χ0n) is 14.8. The molecule has 6 atom stereocenters. The lowest BCUT2D eigenvalue weighted by atomic mass is 9.62. The summed E-state index contributed by atoms with van der Waals surface area (Å²) < 4.78 is 5.12. The van der Waals surface area contributed by atoms with E-state index in [4.69, 9.17) is 4.42 Å². The molecule has 130 valence electrons. The van der Waals surface area contributed by atoms with Crippen molar-refractivity contribution in [2.24, 2.45) is 29.6 Å². The van der Waals surface area contributed by atoms with E-state index in [-0.39, 0.29) is 11.9 Å². The summed E-state index contributed by atoms with van der Waals surface area (Å²) in [6.45, 7) is 5.66. The van der Waals surface area contributed by atoms with Gasteiger partial charge in [-0.3, -0.25) is 4.79 Å². The highest BCUT2D eigenvalue weighted by Gasteiger charge is 2.51. The molecule has 4 heteroatoms. The maximum atomic E-state index is 12.8. The van der Waals surface area contributed by atoms with Crippen LogP contribution in [0.3, 0.4) is 0 Å². The minimum atomic E-state index is -0.392. The topological polar surface area (TPSA) is 59.3 Å². The molecule has 1 heterocycles. The molecule has 0 radical (unpaired) electrons. The summed E-state index contributed by atoms with van der Waals surface area (Å²) in [6.07, 6.45) is 6.87. The van der Waals surface area contributed by atoms with Gasteiger partial charge in [0.05, 0.1) is 5.56 Å². The molecule has 3 bridgehead atoms. The molecular formula is C20H27NO3. The molecule has 1 aromatic heterocycles. The highest BCUT2D eigenvalue weighted by atomic mass is 16.4. The van der Waals surface area contributed by atoms with Crippen LogP contribution in [0.5, 0.6) is 0 Å². The average molecular weight is 329 g/mol. The van der Waals surface area contributed by atoms with Gasteiger partial charge in [0, 0.05) is 12.1 Å². The fraction of sp³-hybridized carbons (Fsp3) is 0.700. The molecule has 1 N–H and O–H groups in total. The van der Waals surface area contributed by atoms with Crippen LogP contribution < -0.4 is 10.9 Å². The Bertz CT molecular complexity index is 696. The maximum Gasteiger partial charge on any atom is 0.336 e. The molecule has 0 aliphatic heterocycles. The maximum absolute atomic E-state index is 12.8. The van der Waals surface area contributed by atoms with Crippen molar-refractivity contribution in [3.05, 3.63) is 33.4 Å². The molecule has 1 amide bonds. The summed E-state index contributed by atoms with van der Waals surface area (Å²) in [4.78, 5) is 24.2. The third-order valence-electron chi connectivity index (χ3n) is 6.93. The lowest BCUT2D eigenvalue weighted by molar-refractivity contribution is 0.0518. The van der Waals surface area contributed by atoms with Gasteiger partial charge in [-0.25, -0.2) is 4.79 Å². The van der Waals surface area contributed by atoms with Crippen molar-refractivity contribution in [2.75, 3.05) is 0 Å².